The van der Waals surface area contributed by atoms with Crippen LogP contribution in [0.25, 0.3) is 0 Å². The molecule has 2 N–H and O–H groups in total. The standard InChI is InChI=1S/C12H15ClN4/c13-10-4-5-12(15)16-11(10)8-17(7-1-6-14)9-2-3-9/h4-5,9H,1-3,7-8H2,(H2,15,16). The van der Waals surface area contributed by atoms with Gasteiger partial charge in [0, 0.05) is 25.6 Å². The Bertz CT molecular complexity index is 437. The minimum atomic E-state index is 0.487. The number of hydrogen-bond acceptors (Lipinski definition) is 4. The van der Waals surface area contributed by atoms with Crippen molar-refractivity contribution in [2.45, 2.75) is 31.8 Å². The first-order chi connectivity index (χ1) is 8.20. The Morgan fingerprint density at radius 2 is 2.29 bits per heavy atom. The van der Waals surface area contributed by atoms with Crippen LogP contribution in [0.2, 0.25) is 5.02 Å². The number of nitrogen functional groups attached to an aromatic ring is 1. The monoisotopic (exact) mass is 250 g/mol. The van der Waals surface area contributed by atoms with Gasteiger partial charge in [0.25, 0.3) is 0 Å². The van der Waals surface area contributed by atoms with Gasteiger partial charge in [-0.3, -0.25) is 4.90 Å². The van der Waals surface area contributed by atoms with Crippen LogP contribution in [-0.4, -0.2) is 22.5 Å². The molecule has 1 heterocycles. The predicted molar refractivity (Wildman–Crippen MR) is 67.3 cm³/mol. The molecule has 1 aromatic heterocycles. The number of halogens is 1. The van der Waals surface area contributed by atoms with Crippen LogP contribution in [0.15, 0.2) is 12.1 Å². The average Bonchev–Trinajstić information content (AvgIpc) is 3.13. The zero-order valence-electron chi connectivity index (χ0n) is 9.56. The third kappa shape index (κ3) is 3.32. The van der Waals surface area contributed by atoms with E-state index in [1.165, 1.54) is 12.8 Å². The van der Waals surface area contributed by atoms with Gasteiger partial charge in [-0.2, -0.15) is 5.26 Å². The summed E-state index contributed by atoms with van der Waals surface area (Å²) >= 11 is 6.09. The van der Waals surface area contributed by atoms with Crippen molar-refractivity contribution in [2.75, 3.05) is 12.3 Å². The molecule has 1 aliphatic carbocycles. The molecule has 1 saturated carbocycles. The van der Waals surface area contributed by atoms with E-state index in [0.717, 1.165) is 12.2 Å². The summed E-state index contributed by atoms with van der Waals surface area (Å²) in [6, 6.07) is 6.23. The summed E-state index contributed by atoms with van der Waals surface area (Å²) in [5.74, 6) is 0.487. The maximum atomic E-state index is 8.64. The number of pyridine rings is 1. The first-order valence-electron chi connectivity index (χ1n) is 5.72. The van der Waals surface area contributed by atoms with E-state index in [2.05, 4.69) is 16.0 Å². The minimum absolute atomic E-state index is 0.487. The van der Waals surface area contributed by atoms with Gasteiger partial charge >= 0.3 is 0 Å². The maximum absolute atomic E-state index is 8.64. The van der Waals surface area contributed by atoms with Gasteiger partial charge < -0.3 is 5.73 Å². The van der Waals surface area contributed by atoms with Crippen molar-refractivity contribution >= 4 is 17.4 Å². The number of nitrogens with zero attached hydrogens (tertiary/aromatic N) is 3. The molecule has 2 rings (SSSR count). The number of aromatic nitrogens is 1. The fourth-order valence-corrected chi connectivity index (χ4v) is 1.99. The number of hydrogen-bond donors (Lipinski definition) is 1. The van der Waals surface area contributed by atoms with Crippen molar-refractivity contribution in [2.24, 2.45) is 0 Å². The quantitative estimate of drug-likeness (QED) is 0.870. The topological polar surface area (TPSA) is 65.9 Å². The maximum Gasteiger partial charge on any atom is 0.123 e. The Kier molecular flexibility index (Phi) is 3.82. The van der Waals surface area contributed by atoms with Gasteiger partial charge in [0.1, 0.15) is 5.82 Å². The van der Waals surface area contributed by atoms with Crippen molar-refractivity contribution in [1.82, 2.24) is 9.88 Å². The Balaban J connectivity index is 2.06. The minimum Gasteiger partial charge on any atom is -0.384 e. The normalized spacial score (nSPS) is 14.9. The van der Waals surface area contributed by atoms with Gasteiger partial charge in [0.2, 0.25) is 0 Å². The van der Waals surface area contributed by atoms with Gasteiger partial charge in [-0.25, -0.2) is 4.98 Å². The lowest BCUT2D eigenvalue weighted by Gasteiger charge is -2.20. The smallest absolute Gasteiger partial charge is 0.123 e. The highest BCUT2D eigenvalue weighted by atomic mass is 35.5. The molecular formula is C12H15ClN4. The van der Waals surface area contributed by atoms with Gasteiger partial charge in [0.15, 0.2) is 0 Å². The van der Waals surface area contributed by atoms with Crippen LogP contribution in [0.5, 0.6) is 0 Å². The second-order valence-corrected chi connectivity index (χ2v) is 4.68. The van der Waals surface area contributed by atoms with E-state index in [1.807, 2.05) is 0 Å². The van der Waals surface area contributed by atoms with E-state index in [4.69, 9.17) is 22.6 Å². The lowest BCUT2D eigenvalue weighted by molar-refractivity contribution is 0.258. The molecule has 1 aromatic rings. The van der Waals surface area contributed by atoms with Crippen LogP contribution in [0.3, 0.4) is 0 Å². The first kappa shape index (κ1) is 12.2. The van der Waals surface area contributed by atoms with E-state index in [9.17, 15) is 0 Å². The molecule has 0 bridgehead atoms. The summed E-state index contributed by atoms with van der Waals surface area (Å²) in [5.41, 5.74) is 6.46. The lowest BCUT2D eigenvalue weighted by atomic mass is 10.3. The molecule has 0 aromatic carbocycles. The number of nitriles is 1. The third-order valence-corrected chi connectivity index (χ3v) is 3.21. The van der Waals surface area contributed by atoms with Crippen molar-refractivity contribution in [3.8, 4) is 6.07 Å². The first-order valence-corrected chi connectivity index (χ1v) is 6.10. The van der Waals surface area contributed by atoms with Crippen LogP contribution in [0, 0.1) is 11.3 Å². The van der Waals surface area contributed by atoms with E-state index in [-0.39, 0.29) is 0 Å². The molecule has 0 atom stereocenters. The zero-order chi connectivity index (χ0) is 12.3. The highest BCUT2D eigenvalue weighted by Gasteiger charge is 2.29. The molecule has 1 aliphatic rings. The predicted octanol–water partition coefficient (Wildman–Crippen LogP) is 2.20. The number of nitrogens with two attached hydrogens (primary N) is 1. The molecule has 0 spiro atoms. The second kappa shape index (κ2) is 5.35. The fourth-order valence-electron chi connectivity index (χ4n) is 1.83. The molecule has 0 saturated heterocycles. The summed E-state index contributed by atoms with van der Waals surface area (Å²) in [7, 11) is 0. The Labute approximate surface area is 106 Å². The largest absolute Gasteiger partial charge is 0.384 e. The van der Waals surface area contributed by atoms with Gasteiger partial charge in [-0.15, -0.1) is 0 Å². The fraction of sp³-hybridized carbons (Fsp3) is 0.500. The Morgan fingerprint density at radius 1 is 1.53 bits per heavy atom. The summed E-state index contributed by atoms with van der Waals surface area (Å²) in [4.78, 5) is 6.51. The molecule has 0 unspecified atom stereocenters. The van der Waals surface area contributed by atoms with Crippen molar-refractivity contribution < 1.29 is 0 Å². The van der Waals surface area contributed by atoms with Gasteiger partial charge in [0.05, 0.1) is 16.8 Å². The van der Waals surface area contributed by atoms with E-state index in [0.29, 0.717) is 29.8 Å². The van der Waals surface area contributed by atoms with Gasteiger partial charge in [-0.1, -0.05) is 11.6 Å². The highest BCUT2D eigenvalue weighted by molar-refractivity contribution is 6.31. The summed E-state index contributed by atoms with van der Waals surface area (Å²) in [6.07, 6.45) is 2.94. The van der Waals surface area contributed by atoms with Crippen LogP contribution < -0.4 is 5.73 Å². The molecule has 90 valence electrons. The van der Waals surface area contributed by atoms with E-state index in [1.54, 1.807) is 12.1 Å². The van der Waals surface area contributed by atoms with Crippen molar-refractivity contribution in [1.29, 1.82) is 5.26 Å². The third-order valence-electron chi connectivity index (χ3n) is 2.87. The molecule has 0 amide bonds. The summed E-state index contributed by atoms with van der Waals surface area (Å²) < 4.78 is 0. The van der Waals surface area contributed by atoms with Crippen molar-refractivity contribution in [3.05, 3.63) is 22.8 Å². The van der Waals surface area contributed by atoms with Crippen LogP contribution in [0.1, 0.15) is 25.0 Å². The summed E-state index contributed by atoms with van der Waals surface area (Å²) in [5, 5.41) is 9.28. The Morgan fingerprint density at radius 3 is 2.94 bits per heavy atom. The second-order valence-electron chi connectivity index (χ2n) is 4.27. The SMILES string of the molecule is N#CCCN(Cc1nc(N)ccc1Cl)C1CC1. The molecule has 0 aliphatic heterocycles. The molecule has 5 heteroatoms. The zero-order valence-corrected chi connectivity index (χ0v) is 10.3. The highest BCUT2D eigenvalue weighted by Crippen LogP contribution is 2.29. The van der Waals surface area contributed by atoms with Crippen LogP contribution in [-0.2, 0) is 6.54 Å². The van der Waals surface area contributed by atoms with E-state index >= 15 is 0 Å². The molecule has 4 nitrogen and oxygen atoms in total. The summed E-state index contributed by atoms with van der Waals surface area (Å²) in [6.45, 7) is 1.45. The average molecular weight is 251 g/mol. The molecule has 17 heavy (non-hydrogen) atoms. The van der Waals surface area contributed by atoms with Crippen LogP contribution >= 0.6 is 11.6 Å². The molecular weight excluding hydrogens is 236 g/mol. The number of anilines is 1. The molecule has 0 radical (unpaired) electrons. The number of rotatable bonds is 5. The lowest BCUT2D eigenvalue weighted by Crippen LogP contribution is -2.27. The molecule has 1 fully saturated rings. The Hall–Kier alpha value is -1.31. The van der Waals surface area contributed by atoms with Crippen LogP contribution in [0.4, 0.5) is 5.82 Å². The van der Waals surface area contributed by atoms with Gasteiger partial charge in [-0.05, 0) is 25.0 Å². The van der Waals surface area contributed by atoms with E-state index < -0.39 is 0 Å². The van der Waals surface area contributed by atoms with Crippen molar-refractivity contribution in [3.63, 3.8) is 0 Å².